The third-order valence-electron chi connectivity index (χ3n) is 4.64. The molecule has 0 saturated heterocycles. The fourth-order valence-corrected chi connectivity index (χ4v) is 6.22. The molecule has 0 atom stereocenters. The number of hydrogen-bond acceptors (Lipinski definition) is 2. The zero-order valence-corrected chi connectivity index (χ0v) is 17.6. The van der Waals surface area contributed by atoms with Gasteiger partial charge in [-0.15, -0.1) is 22.7 Å². The fraction of sp³-hybridized carbons (Fsp3) is 0.455. The molecule has 0 aliphatic carbocycles. The summed E-state index contributed by atoms with van der Waals surface area (Å²) in [5.74, 6) is 0. The molecule has 3 rings (SSSR count). The Morgan fingerprint density at radius 1 is 0.840 bits per heavy atom. The largest absolute Gasteiger partial charge is 0.138 e. The molecule has 25 heavy (non-hydrogen) atoms. The summed E-state index contributed by atoms with van der Waals surface area (Å²) in [7, 11) is 0. The Morgan fingerprint density at radius 3 is 2.28 bits per heavy atom. The third-order valence-corrected chi connectivity index (χ3v) is 7.77. The van der Waals surface area contributed by atoms with Crippen LogP contribution in [0.15, 0.2) is 30.3 Å². The van der Waals surface area contributed by atoms with E-state index in [0.717, 1.165) is 11.4 Å². The normalized spacial score (nSPS) is 11.5. The van der Waals surface area contributed by atoms with Gasteiger partial charge in [-0.05, 0) is 36.5 Å². The van der Waals surface area contributed by atoms with Crippen molar-refractivity contribution in [2.75, 3.05) is 0 Å². The van der Waals surface area contributed by atoms with Gasteiger partial charge < -0.3 is 0 Å². The molecule has 0 saturated carbocycles. The minimum absolute atomic E-state index is 0.950. The van der Waals surface area contributed by atoms with Crippen LogP contribution < -0.4 is 0 Å². The van der Waals surface area contributed by atoms with E-state index in [0.29, 0.717) is 0 Å². The molecule has 0 bridgehead atoms. The fourth-order valence-electron chi connectivity index (χ4n) is 3.23. The van der Waals surface area contributed by atoms with Crippen LogP contribution in [0.4, 0.5) is 0 Å². The van der Waals surface area contributed by atoms with Gasteiger partial charge in [0.1, 0.15) is 0 Å². The smallest absolute Gasteiger partial charge is 0.0770 e. The first-order valence-corrected chi connectivity index (χ1v) is 11.5. The number of hydrogen-bond donors (Lipinski definition) is 0. The standard InChI is InChI=1S/C22H27ClS2/c1-3-5-6-7-8-10-18-15-19-22(24-18)20(23)21(25-19)17-13-11-16(9-4-2)12-14-17/h11-15H,3-10H2,1-2H3. The lowest BCUT2D eigenvalue weighted by atomic mass is 10.1. The number of halogens is 1. The van der Waals surface area contributed by atoms with Crippen LogP contribution >= 0.6 is 34.3 Å². The predicted octanol–water partition coefficient (Wildman–Crippen LogP) is 8.75. The summed E-state index contributed by atoms with van der Waals surface area (Å²) < 4.78 is 2.63. The van der Waals surface area contributed by atoms with Crippen LogP contribution in [0.1, 0.15) is 62.8 Å². The lowest BCUT2D eigenvalue weighted by Gasteiger charge is -2.02. The summed E-state index contributed by atoms with van der Waals surface area (Å²) >= 11 is 10.5. The van der Waals surface area contributed by atoms with E-state index >= 15 is 0 Å². The van der Waals surface area contributed by atoms with E-state index in [1.165, 1.54) is 75.2 Å². The first kappa shape index (κ1) is 18.9. The van der Waals surface area contributed by atoms with Crippen molar-refractivity contribution in [2.24, 2.45) is 0 Å². The molecule has 1 aromatic carbocycles. The van der Waals surface area contributed by atoms with Gasteiger partial charge >= 0.3 is 0 Å². The number of aryl methyl sites for hydroxylation is 2. The maximum absolute atomic E-state index is 6.73. The Labute approximate surface area is 164 Å². The second kappa shape index (κ2) is 9.21. The molecule has 0 amide bonds. The molecule has 3 heteroatoms. The zero-order valence-electron chi connectivity index (χ0n) is 15.2. The quantitative estimate of drug-likeness (QED) is 0.320. The van der Waals surface area contributed by atoms with Crippen molar-refractivity contribution in [3.63, 3.8) is 0 Å². The van der Waals surface area contributed by atoms with Crippen LogP contribution in [0.25, 0.3) is 19.8 Å². The number of fused-ring (bicyclic) bond motifs is 1. The molecule has 0 unspecified atom stereocenters. The summed E-state index contributed by atoms with van der Waals surface area (Å²) in [4.78, 5) is 2.71. The van der Waals surface area contributed by atoms with Gasteiger partial charge in [-0.25, -0.2) is 0 Å². The van der Waals surface area contributed by atoms with Gasteiger partial charge in [0.15, 0.2) is 0 Å². The zero-order chi connectivity index (χ0) is 17.6. The van der Waals surface area contributed by atoms with Crippen LogP contribution in [0.2, 0.25) is 5.02 Å². The van der Waals surface area contributed by atoms with Gasteiger partial charge in [0.25, 0.3) is 0 Å². The predicted molar refractivity (Wildman–Crippen MR) is 117 cm³/mol. The van der Waals surface area contributed by atoms with Crippen molar-refractivity contribution in [3.8, 4) is 10.4 Å². The summed E-state index contributed by atoms with van der Waals surface area (Å²) in [6, 6.07) is 11.3. The highest BCUT2D eigenvalue weighted by Crippen LogP contribution is 2.46. The summed E-state index contributed by atoms with van der Waals surface area (Å²) in [5.41, 5.74) is 2.66. The first-order valence-electron chi connectivity index (χ1n) is 9.53. The van der Waals surface area contributed by atoms with Crippen molar-refractivity contribution in [1.29, 1.82) is 0 Å². The first-order chi connectivity index (χ1) is 12.2. The molecule has 0 nitrogen and oxygen atoms in total. The van der Waals surface area contributed by atoms with Crippen molar-refractivity contribution < 1.29 is 0 Å². The highest BCUT2D eigenvalue weighted by Gasteiger charge is 2.15. The Bertz CT molecular complexity index is 795. The van der Waals surface area contributed by atoms with Crippen LogP contribution in [0, 0.1) is 0 Å². The molecule has 0 aliphatic rings. The second-order valence-corrected chi connectivity index (χ2v) is 9.33. The summed E-state index contributed by atoms with van der Waals surface area (Å²) in [6.07, 6.45) is 10.2. The molecule has 2 aromatic heterocycles. The van der Waals surface area contributed by atoms with Crippen molar-refractivity contribution in [3.05, 3.63) is 45.8 Å². The Hall–Kier alpha value is -0.830. The van der Waals surface area contributed by atoms with Gasteiger partial charge in [0, 0.05) is 9.58 Å². The van der Waals surface area contributed by atoms with E-state index in [4.69, 9.17) is 11.6 Å². The van der Waals surface area contributed by atoms with Gasteiger partial charge in [-0.1, -0.05) is 81.8 Å². The molecule has 0 spiro atoms. The number of rotatable bonds is 9. The summed E-state index contributed by atoms with van der Waals surface area (Å²) in [5, 5.41) is 0.950. The average Bonchev–Trinajstić information content (AvgIpc) is 3.15. The summed E-state index contributed by atoms with van der Waals surface area (Å²) in [6.45, 7) is 4.49. The molecule has 3 aromatic rings. The number of thiophene rings is 2. The van der Waals surface area contributed by atoms with E-state index < -0.39 is 0 Å². The Balaban J connectivity index is 1.71. The topological polar surface area (TPSA) is 0 Å². The number of unbranched alkanes of at least 4 members (excludes halogenated alkanes) is 4. The maximum atomic E-state index is 6.73. The van der Waals surface area contributed by atoms with Gasteiger partial charge in [-0.3, -0.25) is 0 Å². The lowest BCUT2D eigenvalue weighted by Crippen LogP contribution is -1.82. The molecule has 0 N–H and O–H groups in total. The van der Waals surface area contributed by atoms with Gasteiger partial charge in [-0.2, -0.15) is 0 Å². The van der Waals surface area contributed by atoms with E-state index in [1.54, 1.807) is 0 Å². The minimum atomic E-state index is 0.950. The van der Waals surface area contributed by atoms with Crippen molar-refractivity contribution in [2.45, 2.75) is 65.2 Å². The van der Waals surface area contributed by atoms with Crippen molar-refractivity contribution >= 4 is 43.7 Å². The van der Waals surface area contributed by atoms with E-state index in [9.17, 15) is 0 Å². The Morgan fingerprint density at radius 2 is 1.60 bits per heavy atom. The Kier molecular flexibility index (Phi) is 6.98. The average molecular weight is 391 g/mol. The monoisotopic (exact) mass is 390 g/mol. The molecular formula is C22H27ClS2. The van der Waals surface area contributed by atoms with Gasteiger partial charge in [0.2, 0.25) is 0 Å². The van der Waals surface area contributed by atoms with Crippen LogP contribution in [-0.4, -0.2) is 0 Å². The van der Waals surface area contributed by atoms with Crippen LogP contribution in [-0.2, 0) is 12.8 Å². The van der Waals surface area contributed by atoms with E-state index in [2.05, 4.69) is 44.2 Å². The molecule has 0 radical (unpaired) electrons. The van der Waals surface area contributed by atoms with E-state index in [1.807, 2.05) is 22.7 Å². The molecule has 134 valence electrons. The molecular weight excluding hydrogens is 364 g/mol. The highest BCUT2D eigenvalue weighted by atomic mass is 35.5. The molecule has 0 aliphatic heterocycles. The van der Waals surface area contributed by atoms with Gasteiger partial charge in [0.05, 0.1) is 14.6 Å². The third kappa shape index (κ3) is 4.67. The van der Waals surface area contributed by atoms with Crippen LogP contribution in [0.3, 0.4) is 0 Å². The molecule has 0 fully saturated rings. The van der Waals surface area contributed by atoms with Crippen molar-refractivity contribution in [1.82, 2.24) is 0 Å². The minimum Gasteiger partial charge on any atom is -0.138 e. The maximum Gasteiger partial charge on any atom is 0.0770 e. The number of benzene rings is 1. The molecule has 2 heterocycles. The van der Waals surface area contributed by atoms with Crippen LogP contribution in [0.5, 0.6) is 0 Å². The lowest BCUT2D eigenvalue weighted by molar-refractivity contribution is 0.634. The van der Waals surface area contributed by atoms with E-state index in [-0.39, 0.29) is 0 Å². The highest BCUT2D eigenvalue weighted by molar-refractivity contribution is 7.30. The second-order valence-electron chi connectivity index (χ2n) is 6.76. The SMILES string of the molecule is CCCCCCCc1cc2sc(-c3ccc(CCC)cc3)c(Cl)c2s1.